The van der Waals surface area contributed by atoms with Crippen LogP contribution in [0, 0.1) is 6.92 Å². The van der Waals surface area contributed by atoms with Crippen LogP contribution in [0.5, 0.6) is 0 Å². The molecule has 0 heterocycles. The van der Waals surface area contributed by atoms with E-state index >= 15 is 0 Å². The van der Waals surface area contributed by atoms with Crippen molar-refractivity contribution in [1.82, 2.24) is 10.4 Å². The van der Waals surface area contributed by atoms with Crippen LogP contribution in [0.3, 0.4) is 0 Å². The average molecular weight is 285 g/mol. The fourth-order valence-corrected chi connectivity index (χ4v) is 1.92. The zero-order valence-electron chi connectivity index (χ0n) is 10.0. The molecule has 1 atom stereocenters. The minimum Gasteiger partial charge on any atom is -0.289 e. The number of hydrogen-bond donors (Lipinski definition) is 1. The molecule has 0 bridgehead atoms. The molecule has 0 aromatic heterocycles. The van der Waals surface area contributed by atoms with Gasteiger partial charge >= 0.3 is 0 Å². The first-order valence-electron chi connectivity index (χ1n) is 5.15. The first-order valence-corrected chi connectivity index (χ1v) is 5.95. The molecule has 16 heavy (non-hydrogen) atoms. The number of carbonyl (C=O) groups excluding carboxylic acids is 1. The summed E-state index contributed by atoms with van der Waals surface area (Å²) >= 11 is 3.42. The van der Waals surface area contributed by atoms with Crippen LogP contribution < -0.4 is 5.43 Å². The monoisotopic (exact) mass is 284 g/mol. The summed E-state index contributed by atoms with van der Waals surface area (Å²) in [5.41, 5.74) is 4.95. The second-order valence-electron chi connectivity index (χ2n) is 4.09. The molecule has 0 fully saturated rings. The number of nitrogens with one attached hydrogen (secondary N) is 1. The Kier molecular flexibility index (Phi) is 4.50. The molecule has 0 aliphatic heterocycles. The van der Waals surface area contributed by atoms with Crippen molar-refractivity contribution in [3.63, 3.8) is 0 Å². The van der Waals surface area contributed by atoms with E-state index in [2.05, 4.69) is 21.4 Å². The van der Waals surface area contributed by atoms with Gasteiger partial charge in [0.05, 0.1) is 5.92 Å². The smallest absolute Gasteiger partial charge is 0.241 e. The lowest BCUT2D eigenvalue weighted by molar-refractivity contribution is -0.126. The molecule has 88 valence electrons. The van der Waals surface area contributed by atoms with Crippen molar-refractivity contribution in [1.29, 1.82) is 0 Å². The molecule has 0 aliphatic carbocycles. The molecule has 1 aromatic carbocycles. The molecule has 4 heteroatoms. The third-order valence-corrected chi connectivity index (χ3v) is 2.93. The van der Waals surface area contributed by atoms with Crippen LogP contribution in [-0.4, -0.2) is 25.0 Å². The van der Waals surface area contributed by atoms with Crippen molar-refractivity contribution in [2.24, 2.45) is 0 Å². The zero-order chi connectivity index (χ0) is 12.3. The van der Waals surface area contributed by atoms with E-state index in [9.17, 15) is 4.79 Å². The highest BCUT2D eigenvalue weighted by Gasteiger charge is 2.17. The van der Waals surface area contributed by atoms with Crippen molar-refractivity contribution in [2.45, 2.75) is 19.8 Å². The van der Waals surface area contributed by atoms with Gasteiger partial charge in [0.1, 0.15) is 0 Å². The van der Waals surface area contributed by atoms with E-state index in [0.29, 0.717) is 0 Å². The molecular weight excluding hydrogens is 268 g/mol. The van der Waals surface area contributed by atoms with E-state index in [4.69, 9.17) is 0 Å². The molecule has 1 amide bonds. The number of aryl methyl sites for hydroxylation is 1. The highest BCUT2D eigenvalue weighted by Crippen LogP contribution is 2.23. The van der Waals surface area contributed by atoms with Crippen LogP contribution in [0.15, 0.2) is 22.7 Å². The van der Waals surface area contributed by atoms with Gasteiger partial charge in [0.25, 0.3) is 0 Å². The number of benzene rings is 1. The van der Waals surface area contributed by atoms with E-state index < -0.39 is 0 Å². The van der Waals surface area contributed by atoms with Gasteiger partial charge in [-0.15, -0.1) is 0 Å². The fourth-order valence-electron chi connectivity index (χ4n) is 1.54. The number of nitrogens with zero attached hydrogens (tertiary/aromatic N) is 1. The number of carbonyl (C=O) groups is 1. The molecule has 1 unspecified atom stereocenters. The molecule has 0 aliphatic rings. The van der Waals surface area contributed by atoms with Gasteiger partial charge in [-0.3, -0.25) is 10.2 Å². The second-order valence-corrected chi connectivity index (χ2v) is 5.01. The Labute approximate surface area is 105 Å². The molecule has 0 spiro atoms. The standard InChI is InChI=1S/C12H17BrN2O/c1-8-5-6-10(13)7-11(8)9(2)12(16)14-15(3)4/h5-7,9H,1-4H3,(H,14,16). The summed E-state index contributed by atoms with van der Waals surface area (Å²) in [6.07, 6.45) is 0. The fraction of sp³-hybridized carbons (Fsp3) is 0.417. The normalized spacial score (nSPS) is 12.6. The maximum atomic E-state index is 11.8. The van der Waals surface area contributed by atoms with Gasteiger partial charge in [-0.05, 0) is 37.1 Å². The zero-order valence-corrected chi connectivity index (χ0v) is 11.6. The van der Waals surface area contributed by atoms with Crippen LogP contribution in [-0.2, 0) is 4.79 Å². The Balaban J connectivity index is 2.91. The summed E-state index contributed by atoms with van der Waals surface area (Å²) in [5.74, 6) is -0.147. The number of hydrazine groups is 1. The highest BCUT2D eigenvalue weighted by molar-refractivity contribution is 9.10. The maximum Gasteiger partial charge on any atom is 0.241 e. The van der Waals surface area contributed by atoms with Gasteiger partial charge in [-0.2, -0.15) is 0 Å². The molecule has 3 nitrogen and oxygen atoms in total. The molecule has 0 radical (unpaired) electrons. The average Bonchev–Trinajstić information content (AvgIpc) is 2.19. The van der Waals surface area contributed by atoms with Gasteiger partial charge in [0.2, 0.25) is 5.91 Å². The lowest BCUT2D eigenvalue weighted by Crippen LogP contribution is -2.38. The number of hydrogen-bond acceptors (Lipinski definition) is 2. The summed E-state index contributed by atoms with van der Waals surface area (Å²) in [5, 5.41) is 1.66. The Morgan fingerprint density at radius 2 is 2.06 bits per heavy atom. The first kappa shape index (κ1) is 13.2. The number of rotatable bonds is 3. The second kappa shape index (κ2) is 5.46. The summed E-state index contributed by atoms with van der Waals surface area (Å²) in [6, 6.07) is 5.99. The summed E-state index contributed by atoms with van der Waals surface area (Å²) in [6.45, 7) is 3.93. The van der Waals surface area contributed by atoms with Crippen LogP contribution in [0.1, 0.15) is 24.0 Å². The molecule has 0 saturated carbocycles. The third kappa shape index (κ3) is 3.32. The van der Waals surface area contributed by atoms with Gasteiger partial charge in [-0.1, -0.05) is 22.0 Å². The number of amides is 1. The molecule has 1 rings (SSSR count). The molecule has 1 N–H and O–H groups in total. The van der Waals surface area contributed by atoms with Crippen molar-refractivity contribution in [3.8, 4) is 0 Å². The predicted molar refractivity (Wildman–Crippen MR) is 69.1 cm³/mol. The van der Waals surface area contributed by atoms with E-state index in [1.807, 2.05) is 32.0 Å². The van der Waals surface area contributed by atoms with Crippen molar-refractivity contribution >= 4 is 21.8 Å². The maximum absolute atomic E-state index is 11.8. The minimum atomic E-state index is -0.153. The Hall–Kier alpha value is -0.870. The van der Waals surface area contributed by atoms with Crippen LogP contribution in [0.4, 0.5) is 0 Å². The Morgan fingerprint density at radius 3 is 2.62 bits per heavy atom. The van der Waals surface area contributed by atoms with Gasteiger partial charge in [-0.25, -0.2) is 5.01 Å². The van der Waals surface area contributed by atoms with Crippen molar-refractivity contribution in [3.05, 3.63) is 33.8 Å². The largest absolute Gasteiger partial charge is 0.289 e. The topological polar surface area (TPSA) is 32.3 Å². The van der Waals surface area contributed by atoms with Gasteiger partial charge in [0, 0.05) is 18.6 Å². The highest BCUT2D eigenvalue weighted by atomic mass is 79.9. The lowest BCUT2D eigenvalue weighted by Gasteiger charge is -2.18. The third-order valence-electron chi connectivity index (χ3n) is 2.43. The SMILES string of the molecule is Cc1ccc(Br)cc1C(C)C(=O)NN(C)C. The summed E-state index contributed by atoms with van der Waals surface area (Å²) in [7, 11) is 3.61. The molecule has 0 saturated heterocycles. The van der Waals surface area contributed by atoms with Crippen molar-refractivity contribution in [2.75, 3.05) is 14.1 Å². The van der Waals surface area contributed by atoms with E-state index in [-0.39, 0.29) is 11.8 Å². The van der Waals surface area contributed by atoms with Crippen molar-refractivity contribution < 1.29 is 4.79 Å². The lowest BCUT2D eigenvalue weighted by atomic mass is 9.96. The number of halogens is 1. The predicted octanol–water partition coefficient (Wildman–Crippen LogP) is 2.45. The quantitative estimate of drug-likeness (QED) is 0.865. The van der Waals surface area contributed by atoms with Crippen LogP contribution in [0.25, 0.3) is 0 Å². The van der Waals surface area contributed by atoms with Gasteiger partial charge < -0.3 is 0 Å². The van der Waals surface area contributed by atoms with Crippen LogP contribution >= 0.6 is 15.9 Å². The first-order chi connectivity index (χ1) is 7.41. The van der Waals surface area contributed by atoms with E-state index in [1.54, 1.807) is 19.1 Å². The van der Waals surface area contributed by atoms with E-state index in [0.717, 1.165) is 15.6 Å². The summed E-state index contributed by atoms with van der Waals surface area (Å²) in [4.78, 5) is 11.8. The van der Waals surface area contributed by atoms with Gasteiger partial charge in [0.15, 0.2) is 0 Å². The minimum absolute atomic E-state index is 0.00574. The summed E-state index contributed by atoms with van der Waals surface area (Å²) < 4.78 is 0.998. The Morgan fingerprint density at radius 1 is 1.44 bits per heavy atom. The van der Waals surface area contributed by atoms with Crippen LogP contribution in [0.2, 0.25) is 0 Å². The van der Waals surface area contributed by atoms with E-state index in [1.165, 1.54) is 0 Å². The molecule has 1 aromatic rings. The Bertz CT molecular complexity index is 391. The molecular formula is C12H17BrN2O.